The number of anilines is 1. The molecule has 0 spiro atoms. The standard InChI is InChI=1S/C16H12BrClF3N5O/c1-25-14(16(19,20)21)12(17)13(24-25)15(27)22-11-6-7-26(23-11)8-9-2-4-10(18)5-3-9/h2-7H,8H2,1H3,(H,22,23,27). The van der Waals surface area contributed by atoms with Gasteiger partial charge in [-0.1, -0.05) is 23.7 Å². The summed E-state index contributed by atoms with van der Waals surface area (Å²) in [5.41, 5.74) is -0.472. The van der Waals surface area contributed by atoms with E-state index in [0.29, 0.717) is 16.2 Å². The molecule has 3 rings (SSSR count). The molecule has 0 atom stereocenters. The van der Waals surface area contributed by atoms with Crippen LogP contribution in [0.4, 0.5) is 19.0 Å². The minimum atomic E-state index is -4.64. The zero-order valence-electron chi connectivity index (χ0n) is 13.8. The van der Waals surface area contributed by atoms with E-state index in [0.717, 1.165) is 12.6 Å². The Kier molecular flexibility index (Phi) is 5.29. The van der Waals surface area contributed by atoms with Crippen LogP contribution in [0.1, 0.15) is 21.7 Å². The summed E-state index contributed by atoms with van der Waals surface area (Å²) in [5.74, 6) is -0.607. The molecule has 0 aliphatic rings. The third-order valence-electron chi connectivity index (χ3n) is 3.61. The van der Waals surface area contributed by atoms with Gasteiger partial charge in [-0.15, -0.1) is 0 Å². The number of amides is 1. The van der Waals surface area contributed by atoms with E-state index in [1.54, 1.807) is 23.0 Å². The zero-order valence-corrected chi connectivity index (χ0v) is 16.1. The van der Waals surface area contributed by atoms with Crippen LogP contribution in [0, 0.1) is 0 Å². The summed E-state index contributed by atoms with van der Waals surface area (Å²) in [5, 5.41) is 10.9. The first kappa shape index (κ1) is 19.4. The van der Waals surface area contributed by atoms with E-state index in [9.17, 15) is 18.0 Å². The Hall–Kier alpha value is -2.33. The highest BCUT2D eigenvalue weighted by atomic mass is 79.9. The van der Waals surface area contributed by atoms with Gasteiger partial charge in [0.25, 0.3) is 5.91 Å². The molecule has 11 heteroatoms. The van der Waals surface area contributed by atoms with Crippen LogP contribution in [0.15, 0.2) is 41.0 Å². The Labute approximate surface area is 165 Å². The van der Waals surface area contributed by atoms with E-state index in [4.69, 9.17) is 11.6 Å². The smallest absolute Gasteiger partial charge is 0.304 e. The lowest BCUT2D eigenvalue weighted by molar-refractivity contribution is -0.144. The van der Waals surface area contributed by atoms with Gasteiger partial charge in [0.1, 0.15) is 0 Å². The molecule has 0 fully saturated rings. The number of halogens is 5. The van der Waals surface area contributed by atoms with Crippen molar-refractivity contribution in [3.05, 3.63) is 63.0 Å². The SMILES string of the molecule is Cn1nc(C(=O)Nc2ccn(Cc3ccc(Cl)cc3)n2)c(Br)c1C(F)(F)F. The molecular weight excluding hydrogens is 451 g/mol. The monoisotopic (exact) mass is 461 g/mol. The van der Waals surface area contributed by atoms with E-state index >= 15 is 0 Å². The molecule has 2 aromatic heterocycles. The van der Waals surface area contributed by atoms with Crippen molar-refractivity contribution < 1.29 is 18.0 Å². The second kappa shape index (κ2) is 7.35. The highest BCUT2D eigenvalue weighted by molar-refractivity contribution is 9.10. The second-order valence-corrected chi connectivity index (χ2v) is 6.84. The minimum absolute atomic E-state index is 0.195. The molecule has 27 heavy (non-hydrogen) atoms. The summed E-state index contributed by atoms with van der Waals surface area (Å²) in [6, 6.07) is 8.72. The number of hydrogen-bond donors (Lipinski definition) is 1. The Balaban J connectivity index is 1.74. The molecule has 0 aliphatic heterocycles. The van der Waals surface area contributed by atoms with Crippen molar-refractivity contribution in [2.24, 2.45) is 7.05 Å². The Bertz CT molecular complexity index is 981. The van der Waals surface area contributed by atoms with Gasteiger partial charge in [0.05, 0.1) is 11.0 Å². The Morgan fingerprint density at radius 3 is 2.48 bits per heavy atom. The molecule has 1 aromatic carbocycles. The predicted octanol–water partition coefficient (Wildman–Crippen LogP) is 4.35. The van der Waals surface area contributed by atoms with Gasteiger partial charge in [0.15, 0.2) is 17.2 Å². The topological polar surface area (TPSA) is 64.7 Å². The summed E-state index contributed by atoms with van der Waals surface area (Å²) in [6.07, 6.45) is -3.00. The van der Waals surface area contributed by atoms with Crippen LogP contribution in [0.5, 0.6) is 0 Å². The zero-order chi connectivity index (χ0) is 19.8. The number of aryl methyl sites for hydroxylation is 1. The first-order valence-corrected chi connectivity index (χ1v) is 8.71. The number of rotatable bonds is 4. The number of alkyl halides is 3. The van der Waals surface area contributed by atoms with Crippen LogP contribution in [-0.4, -0.2) is 25.5 Å². The number of aromatic nitrogens is 4. The van der Waals surface area contributed by atoms with Crippen LogP contribution in [-0.2, 0) is 19.8 Å². The maximum Gasteiger partial charge on any atom is 0.434 e. The van der Waals surface area contributed by atoms with Crippen molar-refractivity contribution >= 4 is 39.3 Å². The fraction of sp³-hybridized carbons (Fsp3) is 0.188. The first-order chi connectivity index (χ1) is 12.6. The van der Waals surface area contributed by atoms with Crippen LogP contribution >= 0.6 is 27.5 Å². The van der Waals surface area contributed by atoms with Crippen molar-refractivity contribution in [2.45, 2.75) is 12.7 Å². The molecular formula is C16H12BrClF3N5O. The normalized spacial score (nSPS) is 11.6. The van der Waals surface area contributed by atoms with Crippen LogP contribution in [0.2, 0.25) is 5.02 Å². The molecule has 6 nitrogen and oxygen atoms in total. The predicted molar refractivity (Wildman–Crippen MR) is 96.6 cm³/mol. The average molecular weight is 463 g/mol. The maximum atomic E-state index is 13.0. The van der Waals surface area contributed by atoms with Crippen LogP contribution in [0.25, 0.3) is 0 Å². The number of nitrogens with zero attached hydrogens (tertiary/aromatic N) is 4. The maximum absolute atomic E-state index is 13.0. The molecule has 0 aliphatic carbocycles. The lowest BCUT2D eigenvalue weighted by atomic mass is 10.2. The highest BCUT2D eigenvalue weighted by Gasteiger charge is 2.39. The highest BCUT2D eigenvalue weighted by Crippen LogP contribution is 2.36. The van der Waals surface area contributed by atoms with E-state index < -0.39 is 22.3 Å². The van der Waals surface area contributed by atoms with Gasteiger partial charge >= 0.3 is 6.18 Å². The molecule has 0 bridgehead atoms. The lowest BCUT2D eigenvalue weighted by Gasteiger charge is -2.06. The van der Waals surface area contributed by atoms with Crippen LogP contribution in [0.3, 0.4) is 0 Å². The van der Waals surface area contributed by atoms with Gasteiger partial charge in [-0.2, -0.15) is 23.4 Å². The molecule has 0 radical (unpaired) electrons. The Morgan fingerprint density at radius 2 is 1.89 bits per heavy atom. The quantitative estimate of drug-likeness (QED) is 0.627. The van der Waals surface area contributed by atoms with E-state index in [1.807, 2.05) is 12.1 Å². The number of carbonyl (C=O) groups excluding carboxylic acids is 1. The van der Waals surface area contributed by atoms with Gasteiger partial charge in [-0.05, 0) is 33.6 Å². The number of carbonyl (C=O) groups is 1. The van der Waals surface area contributed by atoms with E-state index in [2.05, 4.69) is 31.4 Å². The van der Waals surface area contributed by atoms with Crippen molar-refractivity contribution in [2.75, 3.05) is 5.32 Å². The second-order valence-electron chi connectivity index (χ2n) is 5.61. The lowest BCUT2D eigenvalue weighted by Crippen LogP contribution is -2.14. The summed E-state index contributed by atoms with van der Waals surface area (Å²) in [6.45, 7) is 0.443. The first-order valence-electron chi connectivity index (χ1n) is 7.54. The van der Waals surface area contributed by atoms with Gasteiger partial charge in [-0.3, -0.25) is 14.2 Å². The van der Waals surface area contributed by atoms with Crippen molar-refractivity contribution in [1.82, 2.24) is 19.6 Å². The summed E-state index contributed by atoms with van der Waals surface area (Å²) >= 11 is 8.64. The van der Waals surface area contributed by atoms with Crippen LogP contribution < -0.4 is 5.32 Å². The van der Waals surface area contributed by atoms with Crippen molar-refractivity contribution in [3.8, 4) is 0 Å². The van der Waals surface area contributed by atoms with Gasteiger partial charge in [-0.25, -0.2) is 0 Å². The van der Waals surface area contributed by atoms with Crippen molar-refractivity contribution in [3.63, 3.8) is 0 Å². The van der Waals surface area contributed by atoms with Gasteiger partial charge in [0, 0.05) is 24.3 Å². The molecule has 0 unspecified atom stereocenters. The van der Waals surface area contributed by atoms with E-state index in [1.165, 1.54) is 6.07 Å². The molecule has 0 saturated heterocycles. The molecule has 1 N–H and O–H groups in total. The molecule has 0 saturated carbocycles. The minimum Gasteiger partial charge on any atom is -0.304 e. The van der Waals surface area contributed by atoms with Gasteiger partial charge in [0.2, 0.25) is 0 Å². The molecule has 142 valence electrons. The summed E-state index contributed by atoms with van der Waals surface area (Å²) in [7, 11) is 1.12. The molecule has 2 heterocycles. The molecule has 3 aromatic rings. The summed E-state index contributed by atoms with van der Waals surface area (Å²) < 4.78 is 40.8. The number of nitrogens with one attached hydrogen (secondary N) is 1. The van der Waals surface area contributed by atoms with Crippen molar-refractivity contribution in [1.29, 1.82) is 0 Å². The summed E-state index contributed by atoms with van der Waals surface area (Å²) in [4.78, 5) is 12.3. The largest absolute Gasteiger partial charge is 0.434 e. The Morgan fingerprint density at radius 1 is 1.22 bits per heavy atom. The van der Waals surface area contributed by atoms with E-state index in [-0.39, 0.29) is 11.5 Å². The fourth-order valence-corrected chi connectivity index (χ4v) is 3.29. The van der Waals surface area contributed by atoms with Gasteiger partial charge < -0.3 is 5.32 Å². The third kappa shape index (κ3) is 4.33. The molecule has 1 amide bonds. The average Bonchev–Trinajstić information content (AvgIpc) is 3.12. The third-order valence-corrected chi connectivity index (χ3v) is 4.62. The fourth-order valence-electron chi connectivity index (χ4n) is 2.42. The number of benzene rings is 1. The number of hydrogen-bond acceptors (Lipinski definition) is 3.